The number of carbonyl (C=O) groups is 3. The van der Waals surface area contributed by atoms with Crippen molar-refractivity contribution in [3.63, 3.8) is 0 Å². The van der Waals surface area contributed by atoms with Gasteiger partial charge in [0.15, 0.2) is 0 Å². The first-order valence-electron chi connectivity index (χ1n) is 12.2. The van der Waals surface area contributed by atoms with Gasteiger partial charge in [0.1, 0.15) is 11.6 Å². The van der Waals surface area contributed by atoms with Crippen LogP contribution in [0.1, 0.15) is 38.7 Å². The molecular weight excluding hydrogens is 472 g/mol. The number of carboxylic acid groups (broad SMARTS) is 1. The molecule has 35 heavy (non-hydrogen) atoms. The highest BCUT2D eigenvalue weighted by Crippen LogP contribution is 2.59. The van der Waals surface area contributed by atoms with E-state index in [0.29, 0.717) is 30.0 Å². The molecule has 3 saturated heterocycles. The summed E-state index contributed by atoms with van der Waals surface area (Å²) in [7, 11) is 0. The topological polar surface area (TPSA) is 107 Å². The second kappa shape index (κ2) is 9.56. The van der Waals surface area contributed by atoms with Gasteiger partial charge < -0.3 is 24.7 Å². The number of aliphatic carboxylic acids is 1. The van der Waals surface area contributed by atoms with E-state index in [9.17, 15) is 24.6 Å². The summed E-state index contributed by atoms with van der Waals surface area (Å²) < 4.78 is 6.29. The van der Waals surface area contributed by atoms with Gasteiger partial charge in [0.05, 0.1) is 41.3 Å². The lowest BCUT2D eigenvalue weighted by atomic mass is 9.70. The van der Waals surface area contributed by atoms with Crippen molar-refractivity contribution in [1.82, 2.24) is 4.90 Å². The molecule has 3 aliphatic heterocycles. The molecule has 2 bridgehead atoms. The van der Waals surface area contributed by atoms with Gasteiger partial charge in [-0.1, -0.05) is 50.1 Å². The van der Waals surface area contributed by atoms with Crippen molar-refractivity contribution in [1.29, 1.82) is 0 Å². The van der Waals surface area contributed by atoms with Gasteiger partial charge in [-0.25, -0.2) is 0 Å². The highest BCUT2D eigenvalue weighted by Gasteiger charge is 2.75. The Kier molecular flexibility index (Phi) is 7.01. The number of aliphatic hydroxyl groups is 1. The van der Waals surface area contributed by atoms with Gasteiger partial charge in [-0.2, -0.15) is 0 Å². The second-order valence-electron chi connectivity index (χ2n) is 9.92. The van der Waals surface area contributed by atoms with Crippen LogP contribution < -0.4 is 4.90 Å². The zero-order valence-electron chi connectivity index (χ0n) is 20.3. The maximum atomic E-state index is 14.4. The number of benzene rings is 1. The number of rotatable bonds is 9. The van der Waals surface area contributed by atoms with Gasteiger partial charge >= 0.3 is 5.97 Å². The number of hydrogen-bond donors (Lipinski definition) is 2. The molecule has 0 unspecified atom stereocenters. The Hall–Kier alpha value is -2.42. The summed E-state index contributed by atoms with van der Waals surface area (Å²) in [6.45, 7) is 9.30. The molecule has 7 atom stereocenters. The first-order valence-corrected chi connectivity index (χ1v) is 12.5. The van der Waals surface area contributed by atoms with Crippen LogP contribution in [0, 0.1) is 24.7 Å². The van der Waals surface area contributed by atoms with Gasteiger partial charge in [0.2, 0.25) is 5.91 Å². The fourth-order valence-electron chi connectivity index (χ4n) is 6.36. The van der Waals surface area contributed by atoms with Crippen molar-refractivity contribution in [2.75, 3.05) is 18.1 Å². The van der Waals surface area contributed by atoms with Crippen LogP contribution in [0.4, 0.5) is 5.69 Å². The fraction of sp³-hybridized carbons (Fsp3) is 0.577. The quantitative estimate of drug-likeness (QED) is 0.500. The molecule has 2 N–H and O–H groups in total. The lowest BCUT2D eigenvalue weighted by Gasteiger charge is -2.41. The van der Waals surface area contributed by atoms with E-state index in [1.54, 1.807) is 18.2 Å². The molecule has 3 aliphatic rings. The molecule has 3 heterocycles. The van der Waals surface area contributed by atoms with Gasteiger partial charge in [0.25, 0.3) is 5.91 Å². The average Bonchev–Trinajstić information content (AvgIpc) is 3.46. The van der Waals surface area contributed by atoms with Crippen molar-refractivity contribution in [2.24, 2.45) is 17.8 Å². The Morgan fingerprint density at radius 2 is 2.14 bits per heavy atom. The Balaban J connectivity index is 1.88. The molecule has 190 valence electrons. The Labute approximate surface area is 210 Å². The van der Waals surface area contributed by atoms with E-state index in [1.165, 1.54) is 9.80 Å². The monoisotopic (exact) mass is 504 g/mol. The number of carboxylic acids is 1. The molecule has 0 aliphatic carbocycles. The number of likely N-dealkylation sites (tertiary alicyclic amines) is 1. The van der Waals surface area contributed by atoms with E-state index in [1.807, 2.05) is 26.8 Å². The molecule has 4 rings (SSSR count). The highest BCUT2D eigenvalue weighted by atomic mass is 35.5. The molecule has 3 fully saturated rings. The lowest BCUT2D eigenvalue weighted by molar-refractivity contribution is -0.151. The van der Waals surface area contributed by atoms with E-state index in [2.05, 4.69) is 6.58 Å². The van der Waals surface area contributed by atoms with Crippen LogP contribution in [0.5, 0.6) is 0 Å². The van der Waals surface area contributed by atoms with Crippen molar-refractivity contribution >= 4 is 35.1 Å². The van der Waals surface area contributed by atoms with Crippen LogP contribution in [0.25, 0.3) is 0 Å². The average molecular weight is 505 g/mol. The fourth-order valence-corrected chi connectivity index (χ4v) is 6.68. The third kappa shape index (κ3) is 3.77. The van der Waals surface area contributed by atoms with E-state index in [4.69, 9.17) is 16.3 Å². The van der Waals surface area contributed by atoms with Crippen LogP contribution in [-0.4, -0.2) is 69.8 Å². The number of amides is 2. The van der Waals surface area contributed by atoms with Gasteiger partial charge in [-0.15, -0.1) is 6.58 Å². The Bertz CT molecular complexity index is 1030. The zero-order chi connectivity index (χ0) is 25.7. The molecule has 2 amide bonds. The number of aliphatic hydroxyl groups excluding tert-OH is 1. The summed E-state index contributed by atoms with van der Waals surface area (Å²) in [4.78, 5) is 43.5. The summed E-state index contributed by atoms with van der Waals surface area (Å²) in [6, 6.07) is 3.59. The van der Waals surface area contributed by atoms with Gasteiger partial charge in [-0.3, -0.25) is 14.4 Å². The van der Waals surface area contributed by atoms with E-state index >= 15 is 0 Å². The Morgan fingerprint density at radius 3 is 2.71 bits per heavy atom. The van der Waals surface area contributed by atoms with Crippen LogP contribution >= 0.6 is 11.6 Å². The first-order chi connectivity index (χ1) is 16.6. The maximum absolute atomic E-state index is 14.4. The summed E-state index contributed by atoms with van der Waals surface area (Å²) in [5, 5.41) is 20.7. The number of hydrogen-bond acceptors (Lipinski definition) is 5. The van der Waals surface area contributed by atoms with Gasteiger partial charge in [0, 0.05) is 6.54 Å². The normalized spacial score (nSPS) is 30.8. The molecule has 1 aromatic rings. The number of para-hydroxylation sites is 1. The summed E-state index contributed by atoms with van der Waals surface area (Å²) >= 11 is 6.53. The van der Waals surface area contributed by atoms with Crippen molar-refractivity contribution in [2.45, 2.75) is 63.8 Å². The lowest BCUT2D eigenvalue weighted by Crippen LogP contribution is -2.60. The zero-order valence-corrected chi connectivity index (χ0v) is 21.1. The smallest absolute Gasteiger partial charge is 0.310 e. The standard InChI is InChI=1S/C26H33ClN2O6/c1-5-12-28(21-15(4)8-7-9-16(21)27)24(32)22-26-11-10-18(35-26)19(25(33)34)20(26)23(31)29(22)17(13-30)14(3)6-2/h5,7-9,14,17-20,22,30H,1,6,10-13H2,2-4H3,(H,33,34)/t14-,17-,18+,19-,20-,22+,26-/m0/s1. The van der Waals surface area contributed by atoms with Gasteiger partial charge in [-0.05, 0) is 37.3 Å². The molecule has 9 heteroatoms. The number of carbonyl (C=O) groups excluding carboxylic acids is 2. The predicted octanol–water partition coefficient (Wildman–Crippen LogP) is 3.03. The third-order valence-corrected chi connectivity index (χ3v) is 8.44. The SMILES string of the molecule is C=CCN(C(=O)[C@H]1N([C@@H](CO)[C@@H](C)CC)C(=O)[C@@H]2[C@@H](C(=O)O)[C@H]3CC[C@]21O3)c1c(C)cccc1Cl. The number of fused-ring (bicyclic) bond motifs is 1. The van der Waals surface area contributed by atoms with Crippen molar-refractivity contribution in [3.05, 3.63) is 41.4 Å². The minimum Gasteiger partial charge on any atom is -0.481 e. The number of halogens is 1. The molecule has 0 saturated carbocycles. The molecule has 0 radical (unpaired) electrons. The molecule has 0 aromatic heterocycles. The van der Waals surface area contributed by atoms with Crippen molar-refractivity contribution in [3.8, 4) is 0 Å². The highest BCUT2D eigenvalue weighted by molar-refractivity contribution is 6.34. The van der Waals surface area contributed by atoms with Crippen LogP contribution in [0.15, 0.2) is 30.9 Å². The minimum atomic E-state index is -1.27. The molecule has 1 spiro atoms. The molecular formula is C26H33ClN2O6. The summed E-state index contributed by atoms with van der Waals surface area (Å²) in [5.74, 6) is -4.08. The largest absolute Gasteiger partial charge is 0.481 e. The van der Waals surface area contributed by atoms with Crippen LogP contribution in [-0.2, 0) is 19.1 Å². The number of nitrogens with zero attached hydrogens (tertiary/aromatic N) is 2. The first kappa shape index (κ1) is 25.7. The number of aryl methyl sites for hydroxylation is 1. The minimum absolute atomic E-state index is 0.121. The van der Waals surface area contributed by atoms with Crippen LogP contribution in [0.3, 0.4) is 0 Å². The van der Waals surface area contributed by atoms with E-state index < -0.39 is 53.4 Å². The third-order valence-electron chi connectivity index (χ3n) is 8.14. The predicted molar refractivity (Wildman–Crippen MR) is 131 cm³/mol. The van der Waals surface area contributed by atoms with E-state index in [0.717, 1.165) is 5.56 Å². The van der Waals surface area contributed by atoms with E-state index in [-0.39, 0.29) is 19.1 Å². The summed E-state index contributed by atoms with van der Waals surface area (Å²) in [5.41, 5.74) is 0.0215. The number of anilines is 1. The maximum Gasteiger partial charge on any atom is 0.310 e. The molecule has 8 nitrogen and oxygen atoms in total. The van der Waals surface area contributed by atoms with Crippen molar-refractivity contribution < 1.29 is 29.3 Å². The molecule has 1 aromatic carbocycles. The summed E-state index contributed by atoms with van der Waals surface area (Å²) in [6.07, 6.45) is 2.48. The Morgan fingerprint density at radius 1 is 1.43 bits per heavy atom. The van der Waals surface area contributed by atoms with Crippen LogP contribution in [0.2, 0.25) is 5.02 Å². The second-order valence-corrected chi connectivity index (χ2v) is 10.3. The number of ether oxygens (including phenoxy) is 1.